The minimum atomic E-state index is -3.76. The second-order valence-electron chi connectivity index (χ2n) is 8.58. The molecule has 1 atom stereocenters. The first-order valence-corrected chi connectivity index (χ1v) is 12.1. The molecular weight excluding hydrogens is 493 g/mol. The highest BCUT2D eigenvalue weighted by molar-refractivity contribution is 9.10. The molecule has 3 aliphatic heterocycles. The Bertz CT molecular complexity index is 1160. The fraction of sp³-hybridized carbons (Fsp3) is 0.429. The lowest BCUT2D eigenvalue weighted by Gasteiger charge is -2.39. The summed E-state index contributed by atoms with van der Waals surface area (Å²) in [4.78, 5) is 27.2. The molecule has 10 heteroatoms. The maximum atomic E-state index is 13.9. The minimum absolute atomic E-state index is 0.00846. The van der Waals surface area contributed by atoms with Crippen LogP contribution in [0.4, 0.5) is 9.18 Å². The first-order chi connectivity index (χ1) is 14.4. The van der Waals surface area contributed by atoms with Gasteiger partial charge in [-0.2, -0.15) is 0 Å². The summed E-state index contributed by atoms with van der Waals surface area (Å²) in [5.74, 6) is -2.06. The topological polar surface area (TPSA) is 90.0 Å². The molecule has 0 saturated carbocycles. The Morgan fingerprint density at radius 1 is 1.26 bits per heavy atom. The third-order valence-corrected chi connectivity index (χ3v) is 7.74. The van der Waals surface area contributed by atoms with Crippen LogP contribution >= 0.6 is 15.9 Å². The highest BCUT2D eigenvalue weighted by Gasteiger charge is 2.50. The van der Waals surface area contributed by atoms with Crippen molar-refractivity contribution >= 4 is 37.6 Å². The first-order valence-electron chi connectivity index (χ1n) is 9.68. The molecule has 0 aromatic heterocycles. The molecule has 0 saturated heterocycles. The fourth-order valence-corrected chi connectivity index (χ4v) is 6.36. The summed E-state index contributed by atoms with van der Waals surface area (Å²) < 4.78 is 51.1. The summed E-state index contributed by atoms with van der Waals surface area (Å²) in [7, 11) is -3.76. The van der Waals surface area contributed by atoms with Gasteiger partial charge in [-0.25, -0.2) is 17.6 Å². The second kappa shape index (κ2) is 7.53. The first kappa shape index (κ1) is 22.2. The van der Waals surface area contributed by atoms with E-state index in [-0.39, 0.29) is 51.7 Å². The van der Waals surface area contributed by atoms with Gasteiger partial charge in [-0.05, 0) is 54.4 Å². The Kier molecular flexibility index (Phi) is 5.38. The van der Waals surface area contributed by atoms with Crippen molar-refractivity contribution in [1.82, 2.24) is 4.90 Å². The third kappa shape index (κ3) is 3.85. The molecule has 31 heavy (non-hydrogen) atoms. The molecule has 0 spiro atoms. The number of allylic oxidation sites excluding steroid dienone is 2. The lowest BCUT2D eigenvalue weighted by Crippen LogP contribution is -2.44. The van der Waals surface area contributed by atoms with Gasteiger partial charge in [0.2, 0.25) is 0 Å². The normalized spacial score (nSPS) is 23.1. The van der Waals surface area contributed by atoms with Crippen molar-refractivity contribution in [2.75, 3.05) is 19.0 Å². The molecule has 1 unspecified atom stereocenters. The van der Waals surface area contributed by atoms with Crippen molar-refractivity contribution < 1.29 is 31.9 Å². The number of carbonyl (C=O) groups is 2. The molecule has 0 aliphatic carbocycles. The van der Waals surface area contributed by atoms with Crippen molar-refractivity contribution in [3.63, 3.8) is 0 Å². The predicted octanol–water partition coefficient (Wildman–Crippen LogP) is 3.81. The van der Waals surface area contributed by atoms with E-state index in [1.54, 1.807) is 20.8 Å². The predicted molar refractivity (Wildman–Crippen MR) is 113 cm³/mol. The Morgan fingerprint density at radius 3 is 2.61 bits per heavy atom. The van der Waals surface area contributed by atoms with Crippen LogP contribution in [0, 0.1) is 5.82 Å². The zero-order valence-electron chi connectivity index (χ0n) is 17.2. The lowest BCUT2D eigenvalue weighted by atomic mass is 9.82. The van der Waals surface area contributed by atoms with Crippen LogP contribution in [0.5, 0.6) is 0 Å². The van der Waals surface area contributed by atoms with Gasteiger partial charge in [0.25, 0.3) is 0 Å². The van der Waals surface area contributed by atoms with E-state index in [0.29, 0.717) is 5.56 Å². The molecule has 166 valence electrons. The Hall–Kier alpha value is -2.04. The van der Waals surface area contributed by atoms with E-state index < -0.39 is 39.0 Å². The summed E-state index contributed by atoms with van der Waals surface area (Å²) in [5, 5.41) is 0. The largest absolute Gasteiger partial charge is 0.443 e. The molecule has 0 N–H and O–H groups in total. The third-order valence-electron chi connectivity index (χ3n) is 5.25. The van der Waals surface area contributed by atoms with E-state index in [2.05, 4.69) is 15.9 Å². The molecule has 0 radical (unpaired) electrons. The van der Waals surface area contributed by atoms with Crippen molar-refractivity contribution in [3.8, 4) is 0 Å². The summed E-state index contributed by atoms with van der Waals surface area (Å²) in [6.45, 7) is 4.82. The molecule has 3 aliphatic rings. The maximum Gasteiger partial charge on any atom is 0.419 e. The van der Waals surface area contributed by atoms with Crippen LogP contribution < -0.4 is 0 Å². The van der Waals surface area contributed by atoms with Crippen LogP contribution in [0.1, 0.15) is 38.7 Å². The van der Waals surface area contributed by atoms with Gasteiger partial charge >= 0.3 is 6.09 Å². The number of nitrogens with zero attached hydrogens (tertiary/aromatic N) is 1. The van der Waals surface area contributed by atoms with Gasteiger partial charge in [0.1, 0.15) is 18.0 Å². The van der Waals surface area contributed by atoms with E-state index in [1.807, 2.05) is 0 Å². The van der Waals surface area contributed by atoms with Crippen LogP contribution in [0.3, 0.4) is 0 Å². The van der Waals surface area contributed by atoms with Gasteiger partial charge in [0.05, 0.1) is 33.4 Å². The average Bonchev–Trinajstić information content (AvgIpc) is 2.96. The van der Waals surface area contributed by atoms with E-state index in [4.69, 9.17) is 9.47 Å². The number of ether oxygens (including phenoxy) is 2. The number of sulfone groups is 1. The molecule has 1 amide bonds. The Balaban J connectivity index is 1.97. The lowest BCUT2D eigenvalue weighted by molar-refractivity contribution is -0.121. The molecule has 0 fully saturated rings. The maximum absolute atomic E-state index is 13.9. The van der Waals surface area contributed by atoms with Gasteiger partial charge in [-0.1, -0.05) is 6.07 Å². The SMILES string of the molecule is CC(C)(C)OC(=O)N1C2=C(C(=O)COC2)C(c2ccc(F)c(Br)c2)C2=C1CCS2(=O)=O. The molecule has 1 aromatic carbocycles. The molecule has 4 rings (SSSR count). The van der Waals surface area contributed by atoms with Gasteiger partial charge in [-0.3, -0.25) is 9.69 Å². The molecule has 7 nitrogen and oxygen atoms in total. The molecule has 0 bridgehead atoms. The van der Waals surface area contributed by atoms with E-state index in [9.17, 15) is 22.4 Å². The van der Waals surface area contributed by atoms with Crippen LogP contribution in [-0.4, -0.2) is 49.8 Å². The van der Waals surface area contributed by atoms with Crippen LogP contribution in [0.25, 0.3) is 0 Å². The van der Waals surface area contributed by atoms with Crippen molar-refractivity contribution in [1.29, 1.82) is 0 Å². The van der Waals surface area contributed by atoms with Gasteiger partial charge in [-0.15, -0.1) is 0 Å². The zero-order valence-corrected chi connectivity index (χ0v) is 19.6. The summed E-state index contributed by atoms with van der Waals surface area (Å²) in [6, 6.07) is 4.14. The molecule has 1 aromatic rings. The van der Waals surface area contributed by atoms with E-state index in [0.717, 1.165) is 0 Å². The van der Waals surface area contributed by atoms with Crippen LogP contribution in [0.15, 0.2) is 44.5 Å². The van der Waals surface area contributed by atoms with Crippen LogP contribution in [0.2, 0.25) is 0 Å². The molecule has 3 heterocycles. The highest BCUT2D eigenvalue weighted by Crippen LogP contribution is 2.50. The van der Waals surface area contributed by atoms with Crippen molar-refractivity contribution in [2.45, 2.75) is 38.7 Å². The number of rotatable bonds is 1. The number of benzene rings is 1. The number of carbonyl (C=O) groups excluding carboxylic acids is 2. The quantitative estimate of drug-likeness (QED) is 0.567. The number of amides is 1. The van der Waals surface area contributed by atoms with Crippen LogP contribution in [-0.2, 0) is 24.1 Å². The summed E-state index contributed by atoms with van der Waals surface area (Å²) >= 11 is 3.13. The average molecular weight is 514 g/mol. The van der Waals surface area contributed by atoms with Crippen molar-refractivity contribution in [2.24, 2.45) is 0 Å². The van der Waals surface area contributed by atoms with E-state index in [1.165, 1.54) is 23.1 Å². The summed E-state index contributed by atoms with van der Waals surface area (Å²) in [6.07, 6.45) is -0.664. The van der Waals surface area contributed by atoms with Crippen molar-refractivity contribution in [3.05, 3.63) is 55.9 Å². The smallest absolute Gasteiger partial charge is 0.419 e. The number of ketones is 1. The number of hydrogen-bond acceptors (Lipinski definition) is 6. The van der Waals surface area contributed by atoms with Gasteiger partial charge in [0, 0.05) is 17.7 Å². The standard InChI is InChI=1S/C21H21BrFNO6S/c1-21(2,3)30-20(26)24-14-6-7-31(27,28)19(14)17(11-4-5-13(23)12(22)8-11)18-15(24)9-29-10-16(18)25/h4-5,8,17H,6-7,9-10H2,1-3H3. The fourth-order valence-electron chi connectivity index (χ4n) is 4.11. The highest BCUT2D eigenvalue weighted by atomic mass is 79.9. The minimum Gasteiger partial charge on any atom is -0.443 e. The number of halogens is 2. The Labute approximate surface area is 187 Å². The second-order valence-corrected chi connectivity index (χ2v) is 11.5. The zero-order chi connectivity index (χ0) is 22.7. The van der Waals surface area contributed by atoms with Gasteiger partial charge in [0.15, 0.2) is 15.6 Å². The van der Waals surface area contributed by atoms with E-state index >= 15 is 0 Å². The van der Waals surface area contributed by atoms with Gasteiger partial charge < -0.3 is 9.47 Å². The summed E-state index contributed by atoms with van der Waals surface area (Å²) in [5.41, 5.74) is 0.329. The monoisotopic (exact) mass is 513 g/mol. The number of hydrogen-bond donors (Lipinski definition) is 0. The number of Topliss-reactive ketones (excluding diaryl/α,β-unsaturated/α-hetero) is 1. The Morgan fingerprint density at radius 2 is 1.97 bits per heavy atom. The molecular formula is C21H21BrFNO6S.